The lowest BCUT2D eigenvalue weighted by atomic mass is 10.0. The van der Waals surface area contributed by atoms with E-state index in [0.29, 0.717) is 24.0 Å². The van der Waals surface area contributed by atoms with Gasteiger partial charge < -0.3 is 15.0 Å². The molecule has 3 aromatic carbocycles. The van der Waals surface area contributed by atoms with Crippen molar-refractivity contribution in [1.29, 1.82) is 0 Å². The Labute approximate surface area is 200 Å². The molecule has 0 spiro atoms. The fraction of sp³-hybridized carbons (Fsp3) is 0.259. The van der Waals surface area contributed by atoms with E-state index in [0.717, 1.165) is 17.8 Å². The van der Waals surface area contributed by atoms with E-state index in [1.54, 1.807) is 24.3 Å². The Balaban J connectivity index is 1.27. The van der Waals surface area contributed by atoms with Gasteiger partial charge in [-0.1, -0.05) is 30.3 Å². The fourth-order valence-electron chi connectivity index (χ4n) is 4.00. The molecule has 1 amide bonds. The zero-order valence-corrected chi connectivity index (χ0v) is 19.6. The lowest BCUT2D eigenvalue weighted by molar-refractivity contribution is 0.0977. The number of hydrogen-bond donors (Lipinski definition) is 2. The van der Waals surface area contributed by atoms with Crippen molar-refractivity contribution in [2.24, 2.45) is 0 Å². The second-order valence-electron chi connectivity index (χ2n) is 8.29. The van der Waals surface area contributed by atoms with Gasteiger partial charge in [-0.3, -0.25) is 10.1 Å². The Bertz CT molecular complexity index is 1070. The summed E-state index contributed by atoms with van der Waals surface area (Å²) in [6.45, 7) is 3.85. The van der Waals surface area contributed by atoms with E-state index in [1.165, 1.54) is 24.9 Å². The van der Waals surface area contributed by atoms with Crippen LogP contribution < -0.4 is 20.3 Å². The van der Waals surface area contributed by atoms with Crippen LogP contribution in [0.15, 0.2) is 78.9 Å². The van der Waals surface area contributed by atoms with Crippen molar-refractivity contribution in [3.63, 3.8) is 0 Å². The summed E-state index contributed by atoms with van der Waals surface area (Å²) in [7, 11) is 0. The third-order valence-corrected chi connectivity index (χ3v) is 6.06. The first-order valence-corrected chi connectivity index (χ1v) is 11.7. The molecule has 1 heterocycles. The molecular weight excluding hydrogens is 430 g/mol. The minimum atomic E-state index is -0.263. The van der Waals surface area contributed by atoms with Crippen molar-refractivity contribution >= 4 is 34.6 Å². The molecule has 1 fully saturated rings. The Hall–Kier alpha value is -3.38. The molecule has 4 rings (SSSR count). The van der Waals surface area contributed by atoms with E-state index < -0.39 is 0 Å². The van der Waals surface area contributed by atoms with Crippen LogP contribution in [0.3, 0.4) is 0 Å². The molecule has 1 unspecified atom stereocenters. The first kappa shape index (κ1) is 22.8. The first-order chi connectivity index (χ1) is 16.1. The highest BCUT2D eigenvalue weighted by Crippen LogP contribution is 2.25. The average Bonchev–Trinajstić information content (AvgIpc) is 2.84. The fourth-order valence-corrected chi connectivity index (χ4v) is 4.21. The van der Waals surface area contributed by atoms with Gasteiger partial charge in [0.15, 0.2) is 5.11 Å². The normalized spacial score (nSPS) is 15.5. The smallest absolute Gasteiger partial charge is 0.257 e. The molecule has 3 aromatic rings. The molecule has 1 saturated heterocycles. The number of thiocarbonyl (C=S) groups is 1. The summed E-state index contributed by atoms with van der Waals surface area (Å²) in [6.07, 6.45) is 3.77. The lowest BCUT2D eigenvalue weighted by Gasteiger charge is -2.35. The molecule has 0 saturated carbocycles. The number of anilines is 2. The summed E-state index contributed by atoms with van der Waals surface area (Å²) in [4.78, 5) is 15.0. The van der Waals surface area contributed by atoms with Crippen molar-refractivity contribution < 1.29 is 9.53 Å². The van der Waals surface area contributed by atoms with Gasteiger partial charge in [0, 0.05) is 29.5 Å². The van der Waals surface area contributed by atoms with Crippen molar-refractivity contribution in [2.75, 3.05) is 16.8 Å². The van der Waals surface area contributed by atoms with Crippen molar-refractivity contribution in [1.82, 2.24) is 5.32 Å². The van der Waals surface area contributed by atoms with E-state index in [4.69, 9.17) is 17.0 Å². The number of ether oxygens (including phenoxy) is 1. The van der Waals surface area contributed by atoms with Crippen LogP contribution in [0, 0.1) is 0 Å². The van der Waals surface area contributed by atoms with Crippen molar-refractivity contribution in [3.05, 3.63) is 90.0 Å². The Kier molecular flexibility index (Phi) is 7.58. The molecule has 0 radical (unpaired) electrons. The summed E-state index contributed by atoms with van der Waals surface area (Å²) >= 11 is 5.33. The lowest BCUT2D eigenvalue weighted by Crippen LogP contribution is -2.37. The van der Waals surface area contributed by atoms with Gasteiger partial charge >= 0.3 is 0 Å². The number of nitrogens with zero attached hydrogens (tertiary/aromatic N) is 1. The number of carbonyl (C=O) groups is 1. The van der Waals surface area contributed by atoms with Gasteiger partial charge in [0.1, 0.15) is 12.4 Å². The molecule has 1 aliphatic heterocycles. The number of hydrogen-bond acceptors (Lipinski definition) is 4. The van der Waals surface area contributed by atoms with E-state index in [1.807, 2.05) is 42.5 Å². The maximum absolute atomic E-state index is 12.5. The third kappa shape index (κ3) is 6.33. The maximum atomic E-state index is 12.5. The zero-order valence-electron chi connectivity index (χ0n) is 18.8. The molecule has 170 valence electrons. The molecule has 2 N–H and O–H groups in total. The second kappa shape index (κ2) is 11.0. The second-order valence-corrected chi connectivity index (χ2v) is 8.70. The van der Waals surface area contributed by atoms with E-state index in [-0.39, 0.29) is 11.0 Å². The van der Waals surface area contributed by atoms with Gasteiger partial charge in [-0.15, -0.1) is 0 Å². The zero-order chi connectivity index (χ0) is 23.0. The summed E-state index contributed by atoms with van der Waals surface area (Å²) < 4.78 is 5.77. The van der Waals surface area contributed by atoms with Gasteiger partial charge in [-0.05, 0) is 92.5 Å². The SMILES string of the molecule is CC1CCCCN1c1ccc(NC(=S)NC(=O)c2ccc(OCc3ccccc3)cc2)cc1. The number of carbonyl (C=O) groups excluding carboxylic acids is 1. The molecular formula is C27H29N3O2S. The number of piperidine rings is 1. The van der Waals surface area contributed by atoms with E-state index >= 15 is 0 Å². The minimum absolute atomic E-state index is 0.263. The quantitative estimate of drug-likeness (QED) is 0.458. The highest BCUT2D eigenvalue weighted by atomic mass is 32.1. The predicted octanol–water partition coefficient (Wildman–Crippen LogP) is 5.77. The highest BCUT2D eigenvalue weighted by Gasteiger charge is 2.18. The minimum Gasteiger partial charge on any atom is -0.489 e. The summed E-state index contributed by atoms with van der Waals surface area (Å²) in [5, 5.41) is 6.09. The van der Waals surface area contributed by atoms with Gasteiger partial charge in [-0.2, -0.15) is 0 Å². The first-order valence-electron chi connectivity index (χ1n) is 11.3. The van der Waals surface area contributed by atoms with Gasteiger partial charge in [0.05, 0.1) is 0 Å². The van der Waals surface area contributed by atoms with Crippen LogP contribution in [0.2, 0.25) is 0 Å². The van der Waals surface area contributed by atoms with Crippen molar-refractivity contribution in [3.8, 4) is 5.75 Å². The predicted molar refractivity (Wildman–Crippen MR) is 138 cm³/mol. The van der Waals surface area contributed by atoms with Crippen LogP contribution in [0.25, 0.3) is 0 Å². The molecule has 1 atom stereocenters. The topological polar surface area (TPSA) is 53.6 Å². The Morgan fingerprint density at radius 3 is 2.42 bits per heavy atom. The average molecular weight is 460 g/mol. The Morgan fingerprint density at radius 1 is 1.00 bits per heavy atom. The number of benzene rings is 3. The third-order valence-electron chi connectivity index (χ3n) is 5.85. The standard InChI is InChI=1S/C27H29N3O2S/c1-20-7-5-6-18-30(20)24-14-12-23(13-15-24)28-27(33)29-26(31)22-10-16-25(17-11-22)32-19-21-8-3-2-4-9-21/h2-4,8-17,20H,5-7,18-19H2,1H3,(H2,28,29,31,33). The Morgan fingerprint density at radius 2 is 1.73 bits per heavy atom. The maximum Gasteiger partial charge on any atom is 0.257 e. The number of nitrogens with one attached hydrogen (secondary N) is 2. The molecule has 0 aliphatic carbocycles. The van der Waals surface area contributed by atoms with Gasteiger partial charge in [0.2, 0.25) is 0 Å². The van der Waals surface area contributed by atoms with Gasteiger partial charge in [-0.25, -0.2) is 0 Å². The summed E-state index contributed by atoms with van der Waals surface area (Å²) in [5.41, 5.74) is 3.67. The van der Waals surface area contributed by atoms with Crippen LogP contribution in [0.5, 0.6) is 5.75 Å². The molecule has 1 aliphatic rings. The monoisotopic (exact) mass is 459 g/mol. The van der Waals surface area contributed by atoms with Crippen LogP contribution in [0.4, 0.5) is 11.4 Å². The molecule has 5 nitrogen and oxygen atoms in total. The summed E-state index contributed by atoms with van der Waals surface area (Å²) in [5.74, 6) is 0.445. The van der Waals surface area contributed by atoms with Crippen LogP contribution in [-0.4, -0.2) is 23.6 Å². The highest BCUT2D eigenvalue weighted by molar-refractivity contribution is 7.80. The molecule has 0 bridgehead atoms. The largest absolute Gasteiger partial charge is 0.489 e. The van der Waals surface area contributed by atoms with E-state index in [2.05, 4.69) is 34.6 Å². The number of rotatable bonds is 6. The van der Waals surface area contributed by atoms with Crippen LogP contribution in [-0.2, 0) is 6.61 Å². The molecule has 0 aromatic heterocycles. The molecule has 6 heteroatoms. The molecule has 33 heavy (non-hydrogen) atoms. The number of amides is 1. The van der Waals surface area contributed by atoms with E-state index in [9.17, 15) is 4.79 Å². The van der Waals surface area contributed by atoms with Crippen LogP contribution in [0.1, 0.15) is 42.1 Å². The van der Waals surface area contributed by atoms with Gasteiger partial charge in [0.25, 0.3) is 5.91 Å². The summed E-state index contributed by atoms with van der Waals surface area (Å²) in [6, 6.07) is 25.7. The van der Waals surface area contributed by atoms with Crippen molar-refractivity contribution in [2.45, 2.75) is 38.8 Å². The van der Waals surface area contributed by atoms with Crippen LogP contribution >= 0.6 is 12.2 Å².